The third kappa shape index (κ3) is 4.46. The fourth-order valence-electron chi connectivity index (χ4n) is 1.72. The molecule has 17 heavy (non-hydrogen) atoms. The maximum absolute atomic E-state index is 8.75. The average Bonchev–Trinajstić information content (AvgIpc) is 2.37. The summed E-state index contributed by atoms with van der Waals surface area (Å²) < 4.78 is 5.10. The molecule has 0 heterocycles. The predicted octanol–water partition coefficient (Wildman–Crippen LogP) is 2.98. The third-order valence-electron chi connectivity index (χ3n) is 2.78. The Morgan fingerprint density at radius 1 is 1.41 bits per heavy atom. The lowest BCUT2D eigenvalue weighted by molar-refractivity contribution is 0.202. The molecule has 3 heteroatoms. The minimum absolute atomic E-state index is 0.226. The Bertz CT molecular complexity index is 371. The highest BCUT2D eigenvalue weighted by Gasteiger charge is 2.08. The van der Waals surface area contributed by atoms with Gasteiger partial charge in [0.15, 0.2) is 0 Å². The zero-order valence-electron chi connectivity index (χ0n) is 10.6. The maximum Gasteiger partial charge on any atom is 0.0643 e. The van der Waals surface area contributed by atoms with Gasteiger partial charge in [-0.3, -0.25) is 0 Å². The number of para-hydroxylation sites is 1. The number of rotatable bonds is 7. The third-order valence-corrected chi connectivity index (χ3v) is 2.78. The number of nitrogens with one attached hydrogen (secondary N) is 1. The van der Waals surface area contributed by atoms with E-state index in [0.29, 0.717) is 13.0 Å². The molecule has 0 aliphatic rings. The number of anilines is 1. The first-order valence-electron chi connectivity index (χ1n) is 6.02. The van der Waals surface area contributed by atoms with Gasteiger partial charge in [0.2, 0.25) is 0 Å². The van der Waals surface area contributed by atoms with E-state index in [1.54, 1.807) is 7.11 Å². The van der Waals surface area contributed by atoms with Crippen molar-refractivity contribution in [1.29, 1.82) is 5.26 Å². The molecule has 0 spiro atoms. The van der Waals surface area contributed by atoms with Crippen LogP contribution in [0, 0.1) is 11.3 Å². The van der Waals surface area contributed by atoms with Crippen molar-refractivity contribution in [2.45, 2.75) is 32.2 Å². The highest BCUT2D eigenvalue weighted by molar-refractivity contribution is 5.52. The van der Waals surface area contributed by atoms with Crippen molar-refractivity contribution in [3.63, 3.8) is 0 Å². The maximum atomic E-state index is 8.75. The highest BCUT2D eigenvalue weighted by Crippen LogP contribution is 2.18. The predicted molar refractivity (Wildman–Crippen MR) is 70.0 cm³/mol. The molecule has 1 aromatic rings. The van der Waals surface area contributed by atoms with Crippen LogP contribution in [0.25, 0.3) is 0 Å². The van der Waals surface area contributed by atoms with Crippen molar-refractivity contribution in [1.82, 2.24) is 0 Å². The van der Waals surface area contributed by atoms with Gasteiger partial charge < -0.3 is 10.1 Å². The molecular weight excluding hydrogens is 212 g/mol. The van der Waals surface area contributed by atoms with E-state index in [9.17, 15) is 0 Å². The molecule has 0 bridgehead atoms. The summed E-state index contributed by atoms with van der Waals surface area (Å²) >= 11 is 0. The van der Waals surface area contributed by atoms with E-state index in [4.69, 9.17) is 10.00 Å². The van der Waals surface area contributed by atoms with E-state index in [2.05, 4.69) is 30.4 Å². The number of ether oxygens (including phenoxy) is 1. The SMILES string of the molecule is CCC(CC#N)Nc1ccccc1CCOC. The van der Waals surface area contributed by atoms with Crippen LogP contribution in [0.3, 0.4) is 0 Å². The molecule has 3 nitrogen and oxygen atoms in total. The monoisotopic (exact) mass is 232 g/mol. The van der Waals surface area contributed by atoms with Gasteiger partial charge in [0.05, 0.1) is 19.1 Å². The fourth-order valence-corrected chi connectivity index (χ4v) is 1.72. The zero-order valence-corrected chi connectivity index (χ0v) is 10.6. The van der Waals surface area contributed by atoms with Crippen LogP contribution in [-0.2, 0) is 11.2 Å². The minimum atomic E-state index is 0.226. The molecule has 1 aromatic carbocycles. The number of benzene rings is 1. The first-order chi connectivity index (χ1) is 8.31. The normalized spacial score (nSPS) is 11.8. The molecule has 0 aliphatic heterocycles. The molecule has 0 amide bonds. The van der Waals surface area contributed by atoms with E-state index in [1.165, 1.54) is 5.56 Å². The second-order valence-electron chi connectivity index (χ2n) is 4.01. The molecule has 1 N–H and O–H groups in total. The van der Waals surface area contributed by atoms with Crippen molar-refractivity contribution < 1.29 is 4.74 Å². The summed E-state index contributed by atoms with van der Waals surface area (Å²) in [6, 6.07) is 10.6. The van der Waals surface area contributed by atoms with Gasteiger partial charge in [-0.25, -0.2) is 0 Å². The Labute approximate surface area is 103 Å². The topological polar surface area (TPSA) is 45.0 Å². The van der Waals surface area contributed by atoms with E-state index in [1.807, 2.05) is 12.1 Å². The van der Waals surface area contributed by atoms with E-state index < -0.39 is 0 Å². The van der Waals surface area contributed by atoms with Gasteiger partial charge in [0.25, 0.3) is 0 Å². The summed E-state index contributed by atoms with van der Waals surface area (Å²) in [6.07, 6.45) is 2.38. The fraction of sp³-hybridized carbons (Fsp3) is 0.500. The smallest absolute Gasteiger partial charge is 0.0643 e. The molecule has 92 valence electrons. The Balaban J connectivity index is 2.71. The molecule has 0 aliphatic carbocycles. The summed E-state index contributed by atoms with van der Waals surface area (Å²) in [7, 11) is 1.71. The summed E-state index contributed by atoms with van der Waals surface area (Å²) in [5.74, 6) is 0. The van der Waals surface area contributed by atoms with Crippen molar-refractivity contribution >= 4 is 5.69 Å². The summed E-state index contributed by atoms with van der Waals surface area (Å²) in [6.45, 7) is 2.81. The molecule has 0 radical (unpaired) electrons. The molecule has 1 atom stereocenters. The largest absolute Gasteiger partial charge is 0.384 e. The Morgan fingerprint density at radius 3 is 2.82 bits per heavy atom. The molecule has 1 unspecified atom stereocenters. The first kappa shape index (κ1) is 13.5. The second kappa shape index (κ2) is 7.70. The van der Waals surface area contributed by atoms with Crippen LogP contribution in [0.2, 0.25) is 0 Å². The van der Waals surface area contributed by atoms with E-state index in [0.717, 1.165) is 18.5 Å². The number of nitrogens with zero attached hydrogens (tertiary/aromatic N) is 1. The van der Waals surface area contributed by atoms with Crippen molar-refractivity contribution in [3.8, 4) is 6.07 Å². The molecule has 0 fully saturated rings. The van der Waals surface area contributed by atoms with E-state index >= 15 is 0 Å². The van der Waals surface area contributed by atoms with Gasteiger partial charge in [0.1, 0.15) is 0 Å². The molecule has 0 saturated heterocycles. The highest BCUT2D eigenvalue weighted by atomic mass is 16.5. The standard InChI is InChI=1S/C14H20N2O/c1-3-13(8-10-15)16-14-7-5-4-6-12(14)9-11-17-2/h4-7,13,16H,3,8-9,11H2,1-2H3. The van der Waals surface area contributed by atoms with Crippen molar-refractivity contribution in [2.24, 2.45) is 0 Å². The first-order valence-corrected chi connectivity index (χ1v) is 6.02. The number of methoxy groups -OCH3 is 1. The van der Waals surface area contributed by atoms with Crippen LogP contribution < -0.4 is 5.32 Å². The minimum Gasteiger partial charge on any atom is -0.384 e. The number of hydrogen-bond donors (Lipinski definition) is 1. The van der Waals surface area contributed by atoms with Crippen LogP contribution >= 0.6 is 0 Å². The van der Waals surface area contributed by atoms with Crippen LogP contribution in [0.1, 0.15) is 25.3 Å². The summed E-state index contributed by atoms with van der Waals surface area (Å²) in [5, 5.41) is 12.2. The van der Waals surface area contributed by atoms with Crippen LogP contribution in [0.4, 0.5) is 5.69 Å². The molecular formula is C14H20N2O. The molecule has 0 saturated carbocycles. The van der Waals surface area contributed by atoms with Crippen LogP contribution in [0.5, 0.6) is 0 Å². The van der Waals surface area contributed by atoms with Crippen LogP contribution in [0.15, 0.2) is 24.3 Å². The Hall–Kier alpha value is -1.53. The second-order valence-corrected chi connectivity index (χ2v) is 4.01. The number of hydrogen-bond acceptors (Lipinski definition) is 3. The lowest BCUT2D eigenvalue weighted by Crippen LogP contribution is -2.18. The van der Waals surface area contributed by atoms with Gasteiger partial charge >= 0.3 is 0 Å². The average molecular weight is 232 g/mol. The zero-order chi connectivity index (χ0) is 12.5. The number of nitriles is 1. The quantitative estimate of drug-likeness (QED) is 0.786. The van der Waals surface area contributed by atoms with E-state index in [-0.39, 0.29) is 6.04 Å². The van der Waals surface area contributed by atoms with Crippen molar-refractivity contribution in [2.75, 3.05) is 19.0 Å². The molecule has 1 rings (SSSR count). The Kier molecular flexibility index (Phi) is 6.13. The molecule has 0 aromatic heterocycles. The lowest BCUT2D eigenvalue weighted by atomic mass is 10.1. The van der Waals surface area contributed by atoms with Gasteiger partial charge in [-0.2, -0.15) is 5.26 Å². The Morgan fingerprint density at radius 2 is 2.18 bits per heavy atom. The summed E-state index contributed by atoms with van der Waals surface area (Å²) in [5.41, 5.74) is 2.36. The summed E-state index contributed by atoms with van der Waals surface area (Å²) in [4.78, 5) is 0. The lowest BCUT2D eigenvalue weighted by Gasteiger charge is -2.18. The van der Waals surface area contributed by atoms with Gasteiger partial charge in [-0.15, -0.1) is 0 Å². The van der Waals surface area contributed by atoms with Gasteiger partial charge in [0, 0.05) is 18.8 Å². The van der Waals surface area contributed by atoms with Crippen LogP contribution in [-0.4, -0.2) is 19.8 Å². The van der Waals surface area contributed by atoms with Crippen molar-refractivity contribution in [3.05, 3.63) is 29.8 Å². The van der Waals surface area contributed by atoms with Gasteiger partial charge in [-0.1, -0.05) is 25.1 Å². The van der Waals surface area contributed by atoms with Gasteiger partial charge in [-0.05, 0) is 24.5 Å².